The number of amides is 1. The van der Waals surface area contributed by atoms with E-state index in [1.807, 2.05) is 24.3 Å². The van der Waals surface area contributed by atoms with Crippen LogP contribution in [0.3, 0.4) is 0 Å². The maximum atomic E-state index is 11.8. The molecule has 0 saturated carbocycles. The normalized spacial score (nSPS) is 13.6. The first-order valence-electron chi connectivity index (χ1n) is 6.54. The highest BCUT2D eigenvalue weighted by Gasteiger charge is 2.20. The van der Waals surface area contributed by atoms with Crippen LogP contribution in [0.1, 0.15) is 31.9 Å². The van der Waals surface area contributed by atoms with Crippen LogP contribution in [0.5, 0.6) is 0 Å². The Bertz CT molecular complexity index is 456. The van der Waals surface area contributed by atoms with Crippen molar-refractivity contribution in [3.63, 3.8) is 0 Å². The topological polar surface area (TPSA) is 66.4 Å². The number of benzene rings is 1. The average molecular weight is 263 g/mol. The molecule has 1 aromatic rings. The van der Waals surface area contributed by atoms with Gasteiger partial charge < -0.3 is 10.4 Å². The van der Waals surface area contributed by atoms with Gasteiger partial charge in [0.15, 0.2) is 0 Å². The van der Waals surface area contributed by atoms with Gasteiger partial charge in [-0.2, -0.15) is 0 Å². The zero-order chi connectivity index (χ0) is 14.4. The molecular formula is C15H21NO3. The third kappa shape index (κ3) is 4.73. The third-order valence-corrected chi connectivity index (χ3v) is 3.29. The summed E-state index contributed by atoms with van der Waals surface area (Å²) in [5, 5.41) is 11.6. The second kappa shape index (κ2) is 6.92. The van der Waals surface area contributed by atoms with Gasteiger partial charge in [0.25, 0.3) is 0 Å². The molecule has 0 aliphatic heterocycles. The summed E-state index contributed by atoms with van der Waals surface area (Å²) in [6.07, 6.45) is 1.21. The molecule has 2 unspecified atom stereocenters. The van der Waals surface area contributed by atoms with Crippen LogP contribution in [0.4, 0.5) is 0 Å². The first kappa shape index (κ1) is 15.2. The fourth-order valence-electron chi connectivity index (χ4n) is 1.79. The van der Waals surface area contributed by atoms with Gasteiger partial charge in [0.1, 0.15) is 0 Å². The highest BCUT2D eigenvalue weighted by atomic mass is 16.4. The lowest BCUT2D eigenvalue weighted by Gasteiger charge is -2.17. The maximum Gasteiger partial charge on any atom is 0.308 e. The molecule has 2 atom stereocenters. The Morgan fingerprint density at radius 2 is 1.89 bits per heavy atom. The molecule has 0 heterocycles. The van der Waals surface area contributed by atoms with E-state index in [9.17, 15) is 9.59 Å². The van der Waals surface area contributed by atoms with Crippen molar-refractivity contribution < 1.29 is 14.7 Å². The molecule has 1 aromatic carbocycles. The van der Waals surface area contributed by atoms with Crippen molar-refractivity contribution in [2.45, 2.75) is 39.7 Å². The van der Waals surface area contributed by atoms with Gasteiger partial charge in [0.05, 0.1) is 12.3 Å². The molecule has 19 heavy (non-hydrogen) atoms. The molecule has 2 N–H and O–H groups in total. The molecule has 4 heteroatoms. The lowest BCUT2D eigenvalue weighted by molar-refractivity contribution is -0.142. The fourth-order valence-corrected chi connectivity index (χ4v) is 1.79. The van der Waals surface area contributed by atoms with Gasteiger partial charge in [-0.25, -0.2) is 0 Å². The van der Waals surface area contributed by atoms with Crippen molar-refractivity contribution in [1.29, 1.82) is 0 Å². The van der Waals surface area contributed by atoms with Gasteiger partial charge in [-0.15, -0.1) is 0 Å². The van der Waals surface area contributed by atoms with Crippen LogP contribution >= 0.6 is 0 Å². The van der Waals surface area contributed by atoms with E-state index in [0.29, 0.717) is 0 Å². The van der Waals surface area contributed by atoms with Gasteiger partial charge in [-0.1, -0.05) is 31.2 Å². The van der Waals surface area contributed by atoms with E-state index in [-0.39, 0.29) is 18.4 Å². The molecule has 4 nitrogen and oxygen atoms in total. The number of carboxylic acids is 1. The van der Waals surface area contributed by atoms with Crippen LogP contribution < -0.4 is 5.32 Å². The summed E-state index contributed by atoms with van der Waals surface area (Å²) in [5.41, 5.74) is 2.14. The van der Waals surface area contributed by atoms with Crippen LogP contribution in [0, 0.1) is 5.92 Å². The van der Waals surface area contributed by atoms with Gasteiger partial charge >= 0.3 is 5.97 Å². The van der Waals surface area contributed by atoms with E-state index in [4.69, 9.17) is 5.11 Å². The van der Waals surface area contributed by atoms with Gasteiger partial charge in [-0.3, -0.25) is 9.59 Å². The third-order valence-electron chi connectivity index (χ3n) is 3.29. The molecule has 1 rings (SSSR count). The average Bonchev–Trinajstić information content (AvgIpc) is 2.37. The Labute approximate surface area is 113 Å². The molecular weight excluding hydrogens is 242 g/mol. The largest absolute Gasteiger partial charge is 0.481 e. The molecule has 0 aliphatic rings. The summed E-state index contributed by atoms with van der Waals surface area (Å²) in [6, 6.07) is 7.50. The lowest BCUT2D eigenvalue weighted by atomic mass is 10.0. The molecule has 0 radical (unpaired) electrons. The second-order valence-electron chi connectivity index (χ2n) is 4.83. The molecule has 0 bridgehead atoms. The number of carbonyl (C=O) groups excluding carboxylic acids is 1. The van der Waals surface area contributed by atoms with E-state index < -0.39 is 11.9 Å². The maximum absolute atomic E-state index is 11.8. The summed E-state index contributed by atoms with van der Waals surface area (Å²) < 4.78 is 0. The molecule has 1 amide bonds. The Morgan fingerprint density at radius 1 is 1.26 bits per heavy atom. The molecule has 0 saturated heterocycles. The summed E-state index contributed by atoms with van der Waals surface area (Å²) in [4.78, 5) is 22.7. The number of carboxylic acid groups (broad SMARTS) is 1. The van der Waals surface area contributed by atoms with Crippen LogP contribution in [-0.2, 0) is 22.4 Å². The number of aliphatic carboxylic acids is 1. The predicted molar refractivity (Wildman–Crippen MR) is 73.9 cm³/mol. The highest BCUT2D eigenvalue weighted by Crippen LogP contribution is 2.08. The first-order chi connectivity index (χ1) is 8.93. The summed E-state index contributed by atoms with van der Waals surface area (Å²) in [5.74, 6) is -1.64. The predicted octanol–water partition coefficient (Wildman–Crippen LogP) is 2.02. The number of nitrogens with one attached hydrogen (secondary N) is 1. The fraction of sp³-hybridized carbons (Fsp3) is 0.467. The van der Waals surface area contributed by atoms with Crippen molar-refractivity contribution in [2.24, 2.45) is 5.92 Å². The van der Waals surface area contributed by atoms with Crippen molar-refractivity contribution in [1.82, 2.24) is 5.32 Å². The minimum Gasteiger partial charge on any atom is -0.481 e. The summed E-state index contributed by atoms with van der Waals surface area (Å²) in [6.45, 7) is 5.36. The minimum absolute atomic E-state index is 0.145. The number of rotatable bonds is 6. The van der Waals surface area contributed by atoms with Crippen LogP contribution in [-0.4, -0.2) is 23.0 Å². The molecule has 104 valence electrons. The molecule has 0 spiro atoms. The monoisotopic (exact) mass is 263 g/mol. The van der Waals surface area contributed by atoms with Crippen molar-refractivity contribution >= 4 is 11.9 Å². The van der Waals surface area contributed by atoms with E-state index in [1.165, 1.54) is 5.56 Å². The van der Waals surface area contributed by atoms with E-state index in [1.54, 1.807) is 13.8 Å². The zero-order valence-electron chi connectivity index (χ0n) is 11.6. The number of aryl methyl sites for hydroxylation is 1. The van der Waals surface area contributed by atoms with Crippen molar-refractivity contribution in [3.8, 4) is 0 Å². The van der Waals surface area contributed by atoms with Gasteiger partial charge in [0.2, 0.25) is 5.91 Å². The van der Waals surface area contributed by atoms with Gasteiger partial charge in [-0.05, 0) is 31.4 Å². The molecule has 0 aliphatic carbocycles. The molecule has 0 fully saturated rings. The van der Waals surface area contributed by atoms with Crippen LogP contribution in [0.2, 0.25) is 0 Å². The van der Waals surface area contributed by atoms with E-state index in [2.05, 4.69) is 12.2 Å². The van der Waals surface area contributed by atoms with Crippen LogP contribution in [0.25, 0.3) is 0 Å². The lowest BCUT2D eigenvalue weighted by Crippen LogP contribution is -2.40. The Hall–Kier alpha value is -1.84. The van der Waals surface area contributed by atoms with E-state index in [0.717, 1.165) is 12.0 Å². The summed E-state index contributed by atoms with van der Waals surface area (Å²) >= 11 is 0. The number of hydrogen-bond acceptors (Lipinski definition) is 2. The van der Waals surface area contributed by atoms with Crippen LogP contribution in [0.15, 0.2) is 24.3 Å². The molecule has 0 aromatic heterocycles. The quantitative estimate of drug-likeness (QED) is 0.825. The minimum atomic E-state index is -0.902. The first-order valence-corrected chi connectivity index (χ1v) is 6.54. The van der Waals surface area contributed by atoms with Crippen molar-refractivity contribution in [3.05, 3.63) is 35.4 Å². The highest BCUT2D eigenvalue weighted by molar-refractivity contribution is 5.80. The number of hydrogen-bond donors (Lipinski definition) is 2. The summed E-state index contributed by atoms with van der Waals surface area (Å²) in [7, 11) is 0. The Kier molecular flexibility index (Phi) is 5.55. The Morgan fingerprint density at radius 3 is 2.47 bits per heavy atom. The standard InChI is InChI=1S/C15H21NO3/c1-4-12-6-5-7-13(8-12)9-14(17)16-11(3)10(2)15(18)19/h5-8,10-11H,4,9H2,1-3H3,(H,16,17)(H,18,19). The smallest absolute Gasteiger partial charge is 0.308 e. The SMILES string of the molecule is CCc1cccc(CC(=O)NC(C)C(C)C(=O)O)c1. The second-order valence-corrected chi connectivity index (χ2v) is 4.83. The Balaban J connectivity index is 2.57. The number of carbonyl (C=O) groups is 2. The van der Waals surface area contributed by atoms with Crippen molar-refractivity contribution in [2.75, 3.05) is 0 Å². The zero-order valence-corrected chi connectivity index (χ0v) is 11.6. The van der Waals surface area contributed by atoms with Gasteiger partial charge in [0, 0.05) is 6.04 Å². The van der Waals surface area contributed by atoms with E-state index >= 15 is 0 Å².